The number of aromatic nitrogens is 1. The zero-order valence-electron chi connectivity index (χ0n) is 10.2. The van der Waals surface area contributed by atoms with Gasteiger partial charge in [-0.05, 0) is 23.1 Å². The van der Waals surface area contributed by atoms with Crippen LogP contribution in [0.2, 0.25) is 0 Å². The number of hydrogen-bond donors (Lipinski definition) is 1. The van der Waals surface area contributed by atoms with Crippen LogP contribution in [-0.4, -0.2) is 23.0 Å². The zero-order valence-corrected chi connectivity index (χ0v) is 11.0. The first kappa shape index (κ1) is 12.9. The van der Waals surface area contributed by atoms with E-state index in [0.29, 0.717) is 0 Å². The largest absolute Gasteiger partial charge is 0.312 e. The van der Waals surface area contributed by atoms with E-state index in [0.717, 1.165) is 24.6 Å². The fourth-order valence-corrected chi connectivity index (χ4v) is 2.30. The molecular formula is C15H16N2S. The van der Waals surface area contributed by atoms with Crippen molar-refractivity contribution >= 4 is 22.5 Å². The van der Waals surface area contributed by atoms with Gasteiger partial charge in [0.2, 0.25) is 0 Å². The van der Waals surface area contributed by atoms with Crippen molar-refractivity contribution in [2.45, 2.75) is 6.54 Å². The van der Waals surface area contributed by atoms with Gasteiger partial charge in [0, 0.05) is 36.6 Å². The number of nitrogens with one attached hydrogen (secondary N) is 1. The molecular weight excluding hydrogens is 240 g/mol. The van der Waals surface area contributed by atoms with Gasteiger partial charge in [-0.1, -0.05) is 18.1 Å². The molecule has 2 aromatic rings. The van der Waals surface area contributed by atoms with Gasteiger partial charge in [-0.2, -0.15) is 0 Å². The summed E-state index contributed by atoms with van der Waals surface area (Å²) in [6.07, 6.45) is 8.91. The van der Waals surface area contributed by atoms with Gasteiger partial charge in [0.15, 0.2) is 0 Å². The first-order chi connectivity index (χ1) is 8.90. The molecule has 2 rings (SSSR count). The molecule has 18 heavy (non-hydrogen) atoms. The lowest BCUT2D eigenvalue weighted by Crippen LogP contribution is -2.16. The number of nitrogens with zero attached hydrogens (tertiary/aromatic N) is 1. The minimum Gasteiger partial charge on any atom is -0.312 e. The van der Waals surface area contributed by atoms with E-state index in [1.54, 1.807) is 11.8 Å². The lowest BCUT2D eigenvalue weighted by Gasteiger charge is -2.05. The van der Waals surface area contributed by atoms with Crippen LogP contribution in [0.15, 0.2) is 36.7 Å². The third-order valence-corrected chi connectivity index (χ3v) is 3.51. The van der Waals surface area contributed by atoms with Crippen molar-refractivity contribution in [1.29, 1.82) is 0 Å². The van der Waals surface area contributed by atoms with Gasteiger partial charge in [-0.15, -0.1) is 18.2 Å². The molecule has 1 aromatic heterocycles. The SMILES string of the molecule is C#CCSCCNCc1ccc2cnccc2c1. The Balaban J connectivity index is 1.83. The van der Waals surface area contributed by atoms with Crippen LogP contribution in [0.1, 0.15) is 5.56 Å². The summed E-state index contributed by atoms with van der Waals surface area (Å²) < 4.78 is 0. The lowest BCUT2D eigenvalue weighted by molar-refractivity contribution is 0.733. The monoisotopic (exact) mass is 256 g/mol. The number of rotatable bonds is 6. The lowest BCUT2D eigenvalue weighted by atomic mass is 10.1. The quantitative estimate of drug-likeness (QED) is 0.635. The van der Waals surface area contributed by atoms with Gasteiger partial charge < -0.3 is 5.32 Å². The summed E-state index contributed by atoms with van der Waals surface area (Å²) in [5.74, 6) is 4.48. The second kappa shape index (κ2) is 7.05. The highest BCUT2D eigenvalue weighted by Gasteiger charge is 1.96. The average Bonchev–Trinajstić information content (AvgIpc) is 2.42. The zero-order chi connectivity index (χ0) is 12.6. The highest BCUT2D eigenvalue weighted by atomic mass is 32.2. The molecule has 0 radical (unpaired) electrons. The molecule has 0 bridgehead atoms. The highest BCUT2D eigenvalue weighted by Crippen LogP contribution is 2.14. The Labute approximate surface area is 112 Å². The van der Waals surface area contributed by atoms with Gasteiger partial charge in [0.25, 0.3) is 0 Å². The molecule has 0 fully saturated rings. The number of fused-ring (bicyclic) bond motifs is 1. The third kappa shape index (κ3) is 3.76. The molecule has 0 amide bonds. The van der Waals surface area contributed by atoms with E-state index < -0.39 is 0 Å². The van der Waals surface area contributed by atoms with E-state index in [-0.39, 0.29) is 0 Å². The van der Waals surface area contributed by atoms with E-state index >= 15 is 0 Å². The highest BCUT2D eigenvalue weighted by molar-refractivity contribution is 7.99. The van der Waals surface area contributed by atoms with Crippen molar-refractivity contribution in [3.8, 4) is 12.3 Å². The maximum Gasteiger partial charge on any atom is 0.0545 e. The van der Waals surface area contributed by atoms with Crippen molar-refractivity contribution in [2.75, 3.05) is 18.1 Å². The third-order valence-electron chi connectivity index (χ3n) is 2.64. The normalized spacial score (nSPS) is 10.4. The van der Waals surface area contributed by atoms with Crippen molar-refractivity contribution in [1.82, 2.24) is 10.3 Å². The minimum absolute atomic E-state index is 0.796. The van der Waals surface area contributed by atoms with Crippen molar-refractivity contribution in [3.63, 3.8) is 0 Å². The summed E-state index contributed by atoms with van der Waals surface area (Å²) in [7, 11) is 0. The number of thioether (sulfide) groups is 1. The second-order valence-electron chi connectivity index (χ2n) is 3.99. The number of terminal acetylenes is 1. The summed E-state index contributed by atoms with van der Waals surface area (Å²) in [5, 5.41) is 5.85. The van der Waals surface area contributed by atoms with Crippen molar-refractivity contribution in [2.24, 2.45) is 0 Å². The Morgan fingerprint density at radius 3 is 3.11 bits per heavy atom. The Hall–Kier alpha value is -1.50. The van der Waals surface area contributed by atoms with Gasteiger partial charge in [0.1, 0.15) is 0 Å². The van der Waals surface area contributed by atoms with Gasteiger partial charge in [-0.25, -0.2) is 0 Å². The molecule has 0 saturated carbocycles. The molecule has 0 saturated heterocycles. The first-order valence-electron chi connectivity index (χ1n) is 5.95. The Morgan fingerprint density at radius 1 is 1.28 bits per heavy atom. The molecule has 2 nitrogen and oxygen atoms in total. The maximum atomic E-state index is 5.19. The predicted molar refractivity (Wildman–Crippen MR) is 79.6 cm³/mol. The summed E-state index contributed by atoms with van der Waals surface area (Å²) in [4.78, 5) is 4.11. The molecule has 0 spiro atoms. The molecule has 1 aromatic carbocycles. The summed E-state index contributed by atoms with van der Waals surface area (Å²) >= 11 is 1.78. The molecule has 0 atom stereocenters. The molecule has 1 heterocycles. The molecule has 0 aliphatic rings. The number of benzene rings is 1. The summed E-state index contributed by atoms with van der Waals surface area (Å²) in [6, 6.07) is 8.51. The van der Waals surface area contributed by atoms with Crippen LogP contribution in [0.3, 0.4) is 0 Å². The van der Waals surface area contributed by atoms with Gasteiger partial charge in [0.05, 0.1) is 5.75 Å². The molecule has 3 heteroatoms. The standard InChI is InChI=1S/C15H16N2S/c1-2-8-18-9-7-17-11-13-3-4-15-12-16-6-5-14(15)10-13/h1,3-6,10,12,17H,7-9,11H2. The van der Waals surface area contributed by atoms with E-state index in [9.17, 15) is 0 Å². The molecule has 92 valence electrons. The van der Waals surface area contributed by atoms with Crippen LogP contribution in [0.5, 0.6) is 0 Å². The van der Waals surface area contributed by atoms with E-state index in [1.807, 2.05) is 18.5 Å². The second-order valence-corrected chi connectivity index (χ2v) is 5.10. The topological polar surface area (TPSA) is 24.9 Å². The smallest absolute Gasteiger partial charge is 0.0545 e. The first-order valence-corrected chi connectivity index (χ1v) is 7.10. The average molecular weight is 256 g/mol. The Morgan fingerprint density at radius 2 is 2.22 bits per heavy atom. The number of hydrogen-bond acceptors (Lipinski definition) is 3. The van der Waals surface area contributed by atoms with Crippen molar-refractivity contribution in [3.05, 3.63) is 42.2 Å². The van der Waals surface area contributed by atoms with Crippen LogP contribution in [0.25, 0.3) is 10.8 Å². The van der Waals surface area contributed by atoms with Crippen LogP contribution >= 0.6 is 11.8 Å². The predicted octanol–water partition coefficient (Wildman–Crippen LogP) is 2.69. The van der Waals surface area contributed by atoms with Gasteiger partial charge >= 0.3 is 0 Å². The number of pyridine rings is 1. The van der Waals surface area contributed by atoms with E-state index in [1.165, 1.54) is 16.3 Å². The molecule has 1 N–H and O–H groups in total. The summed E-state index contributed by atoms with van der Waals surface area (Å²) in [5.41, 5.74) is 1.30. The van der Waals surface area contributed by atoms with Crippen LogP contribution in [-0.2, 0) is 6.54 Å². The fourth-order valence-electron chi connectivity index (χ4n) is 1.75. The molecule has 0 unspecified atom stereocenters. The molecule has 0 aliphatic carbocycles. The summed E-state index contributed by atoms with van der Waals surface area (Å²) in [6.45, 7) is 1.88. The van der Waals surface area contributed by atoms with E-state index in [4.69, 9.17) is 6.42 Å². The van der Waals surface area contributed by atoms with Crippen LogP contribution < -0.4 is 5.32 Å². The fraction of sp³-hybridized carbons (Fsp3) is 0.267. The van der Waals surface area contributed by atoms with Crippen LogP contribution in [0.4, 0.5) is 0 Å². The van der Waals surface area contributed by atoms with Gasteiger partial charge in [-0.3, -0.25) is 4.98 Å². The van der Waals surface area contributed by atoms with Crippen molar-refractivity contribution < 1.29 is 0 Å². The van der Waals surface area contributed by atoms with E-state index in [2.05, 4.69) is 34.4 Å². The maximum absolute atomic E-state index is 5.19. The Bertz CT molecular complexity index is 545. The Kier molecular flexibility index (Phi) is 5.07. The molecule has 0 aliphatic heterocycles. The minimum atomic E-state index is 0.796. The van der Waals surface area contributed by atoms with Crippen LogP contribution in [0, 0.1) is 12.3 Å².